The first-order chi connectivity index (χ1) is 27.6. The molecule has 1 unspecified atom stereocenters. The molecule has 0 aliphatic rings. The molecule has 5 rings (SSSR count). The minimum Gasteiger partial charge on any atom is -0.491 e. The van der Waals surface area contributed by atoms with Gasteiger partial charge < -0.3 is 30.1 Å². The number of carboxylic acid groups (broad SMARTS) is 1. The highest BCUT2D eigenvalue weighted by molar-refractivity contribution is 7.85. The topological polar surface area (TPSA) is 194 Å². The van der Waals surface area contributed by atoms with Gasteiger partial charge in [-0.05, 0) is 109 Å². The third-order valence-corrected chi connectivity index (χ3v) is 11.5. The maximum atomic E-state index is 14.8. The van der Waals surface area contributed by atoms with Crippen LogP contribution in [0.2, 0.25) is 0 Å². The van der Waals surface area contributed by atoms with E-state index in [0.29, 0.717) is 77.7 Å². The number of halogens is 1. The highest BCUT2D eigenvalue weighted by Crippen LogP contribution is 2.34. The second-order valence-electron chi connectivity index (χ2n) is 13.9. The van der Waals surface area contributed by atoms with E-state index < -0.39 is 28.0 Å². The molecular weight excluding hydrogens is 808 g/mol. The minimum absolute atomic E-state index is 0.0780. The highest BCUT2D eigenvalue weighted by atomic mass is 32.2. The number of aromatic carboxylic acids is 1. The number of carbonyl (C=O) groups is 1. The van der Waals surface area contributed by atoms with E-state index in [1.54, 1.807) is 22.9 Å². The van der Waals surface area contributed by atoms with Crippen LogP contribution >= 0.6 is 22.7 Å². The number of nitrogens with zero attached hydrogens (tertiary/aromatic N) is 7. The fraction of sp³-hybridized carbons (Fsp3) is 0.410. The average Bonchev–Trinajstić information content (AvgIpc) is 3.77. The predicted molar refractivity (Wildman–Crippen MR) is 225 cm³/mol. The SMILES string of the molecule is Cc1cc(N(CCCC(O)CN(C)CCCS(=O)(=O)O)c2nc(C(=O)O)c(CCCOc3ccc(C#CCN(C)C)cc3F)s2)nnc1Nc1nc2ccccc2s1. The van der Waals surface area contributed by atoms with Crippen molar-refractivity contribution in [1.29, 1.82) is 0 Å². The number of aromatic nitrogens is 4. The molecule has 5 aromatic rings. The molecule has 58 heavy (non-hydrogen) atoms. The summed E-state index contributed by atoms with van der Waals surface area (Å²) in [4.78, 5) is 27.6. The van der Waals surface area contributed by atoms with Crippen molar-refractivity contribution in [3.05, 3.63) is 76.0 Å². The number of ether oxygens (including phenoxy) is 1. The second kappa shape index (κ2) is 20.7. The summed E-state index contributed by atoms with van der Waals surface area (Å²) in [5.74, 6) is 4.81. The molecule has 0 fully saturated rings. The van der Waals surface area contributed by atoms with Crippen LogP contribution in [0.15, 0.2) is 48.5 Å². The fourth-order valence-corrected chi connectivity index (χ4v) is 8.29. The molecule has 3 heterocycles. The molecule has 0 saturated carbocycles. The Morgan fingerprint density at radius 1 is 1.03 bits per heavy atom. The van der Waals surface area contributed by atoms with Crippen molar-refractivity contribution < 1.29 is 37.1 Å². The minimum atomic E-state index is -4.06. The zero-order valence-electron chi connectivity index (χ0n) is 32.7. The number of aryl methyl sites for hydroxylation is 2. The second-order valence-corrected chi connectivity index (χ2v) is 17.6. The first-order valence-electron chi connectivity index (χ1n) is 18.5. The smallest absolute Gasteiger partial charge is 0.355 e. The van der Waals surface area contributed by atoms with E-state index in [-0.39, 0.29) is 36.8 Å². The number of rotatable bonds is 21. The Hall–Kier alpha value is -4.81. The monoisotopic (exact) mass is 854 g/mol. The lowest BCUT2D eigenvalue weighted by atomic mass is 10.1. The molecule has 3 aromatic heterocycles. The number of fused-ring (bicyclic) bond motifs is 1. The van der Waals surface area contributed by atoms with Crippen molar-refractivity contribution in [2.45, 2.75) is 45.1 Å². The number of hydrogen-bond donors (Lipinski definition) is 4. The van der Waals surface area contributed by atoms with Crippen LogP contribution in [0.5, 0.6) is 5.75 Å². The first-order valence-corrected chi connectivity index (χ1v) is 21.7. The third-order valence-electron chi connectivity index (χ3n) is 8.64. The number of thiazole rings is 2. The van der Waals surface area contributed by atoms with Crippen molar-refractivity contribution in [3.8, 4) is 17.6 Å². The van der Waals surface area contributed by atoms with E-state index in [1.807, 2.05) is 56.3 Å². The average molecular weight is 855 g/mol. The number of carboxylic acids is 1. The van der Waals surface area contributed by atoms with Crippen LogP contribution in [0.25, 0.3) is 10.2 Å². The Labute approximate surface area is 345 Å². The Bertz CT molecular complexity index is 2310. The molecule has 0 saturated heterocycles. The van der Waals surface area contributed by atoms with E-state index in [2.05, 4.69) is 37.3 Å². The standard InChI is InChI=1S/C39H47FN8O7S3/c1-26-23-34(44-45-36(26)43-38-41-30-13-5-6-14-32(30)56-38)48(20-8-12-28(49)25-47(4)19-10-22-58(52,53)54)39-42-35(37(50)51)33(57-39)15-9-21-55-31-17-16-27(24-29(31)40)11-7-18-46(2)3/h5-6,13-14,16-17,23-24,28,49H,8-10,12,15,18-22,25H2,1-4H3,(H,50,51)(H,41,43,45)(H,52,53,54). The van der Waals surface area contributed by atoms with Gasteiger partial charge >= 0.3 is 5.97 Å². The number of benzene rings is 2. The zero-order chi connectivity index (χ0) is 41.8. The molecule has 15 nitrogen and oxygen atoms in total. The van der Waals surface area contributed by atoms with Crippen molar-refractivity contribution in [2.24, 2.45) is 0 Å². The zero-order valence-corrected chi connectivity index (χ0v) is 35.1. The molecule has 0 amide bonds. The molecule has 310 valence electrons. The van der Waals surface area contributed by atoms with Crippen molar-refractivity contribution in [2.75, 3.05) is 69.9 Å². The number of nitrogens with one attached hydrogen (secondary N) is 1. The van der Waals surface area contributed by atoms with Crippen LogP contribution < -0.4 is 15.0 Å². The molecule has 1 atom stereocenters. The van der Waals surface area contributed by atoms with Gasteiger partial charge in [0, 0.05) is 23.5 Å². The summed E-state index contributed by atoms with van der Waals surface area (Å²) < 4.78 is 52.7. The lowest BCUT2D eigenvalue weighted by molar-refractivity contribution is 0.0690. The van der Waals surface area contributed by atoms with Crippen LogP contribution in [0.1, 0.15) is 52.2 Å². The summed E-state index contributed by atoms with van der Waals surface area (Å²) in [7, 11) is 1.49. The van der Waals surface area contributed by atoms with Crippen LogP contribution in [-0.4, -0.2) is 125 Å². The highest BCUT2D eigenvalue weighted by Gasteiger charge is 2.24. The van der Waals surface area contributed by atoms with Crippen LogP contribution in [0.4, 0.5) is 26.3 Å². The van der Waals surface area contributed by atoms with Gasteiger partial charge in [0.2, 0.25) is 0 Å². The van der Waals surface area contributed by atoms with Gasteiger partial charge in [-0.1, -0.05) is 35.3 Å². The predicted octanol–water partition coefficient (Wildman–Crippen LogP) is 5.85. The van der Waals surface area contributed by atoms with Crippen molar-refractivity contribution in [3.63, 3.8) is 0 Å². The Morgan fingerprint density at radius 3 is 2.53 bits per heavy atom. The largest absolute Gasteiger partial charge is 0.491 e. The summed E-state index contributed by atoms with van der Waals surface area (Å²) in [6.45, 7) is 3.51. The summed E-state index contributed by atoms with van der Waals surface area (Å²) >= 11 is 2.69. The van der Waals surface area contributed by atoms with Crippen LogP contribution in [0.3, 0.4) is 0 Å². The molecule has 2 aromatic carbocycles. The third kappa shape index (κ3) is 13.4. The van der Waals surface area contributed by atoms with Gasteiger partial charge in [-0.3, -0.25) is 9.45 Å². The van der Waals surface area contributed by atoms with Crippen molar-refractivity contribution >= 4 is 70.9 Å². The lowest BCUT2D eigenvalue weighted by Crippen LogP contribution is -2.31. The summed E-state index contributed by atoms with van der Waals surface area (Å²) in [5.41, 5.74) is 2.04. The number of hydrogen-bond acceptors (Lipinski definition) is 15. The molecule has 0 aliphatic heterocycles. The van der Waals surface area contributed by atoms with Crippen molar-refractivity contribution in [1.82, 2.24) is 30.0 Å². The van der Waals surface area contributed by atoms with E-state index >= 15 is 0 Å². The molecule has 0 radical (unpaired) electrons. The normalized spacial score (nSPS) is 12.2. The van der Waals surface area contributed by atoms with Gasteiger partial charge in [0.1, 0.15) is 0 Å². The number of aliphatic hydroxyl groups excluding tert-OH is 1. The molecule has 0 spiro atoms. The molecule has 0 bridgehead atoms. The fourth-order valence-electron chi connectivity index (χ4n) is 5.81. The first kappa shape index (κ1) is 44.3. The van der Waals surface area contributed by atoms with E-state index in [1.165, 1.54) is 34.8 Å². The van der Waals surface area contributed by atoms with Gasteiger partial charge in [0.05, 0.1) is 35.2 Å². The van der Waals surface area contributed by atoms with Gasteiger partial charge in [-0.2, -0.15) is 8.42 Å². The van der Waals surface area contributed by atoms with E-state index in [4.69, 9.17) is 9.29 Å². The van der Waals surface area contributed by atoms with Crippen LogP contribution in [0, 0.1) is 24.6 Å². The Balaban J connectivity index is 1.29. The maximum absolute atomic E-state index is 14.8. The number of aliphatic hydroxyl groups is 1. The lowest BCUT2D eigenvalue weighted by Gasteiger charge is -2.23. The van der Waals surface area contributed by atoms with Crippen LogP contribution in [-0.2, 0) is 16.5 Å². The molecule has 0 aliphatic carbocycles. The van der Waals surface area contributed by atoms with Gasteiger partial charge in [0.15, 0.2) is 39.2 Å². The molecule has 4 N–H and O–H groups in total. The van der Waals surface area contributed by atoms with Gasteiger partial charge in [-0.25, -0.2) is 19.2 Å². The Morgan fingerprint density at radius 2 is 1.83 bits per heavy atom. The molecular formula is C39H47FN8O7S3. The van der Waals surface area contributed by atoms with E-state index in [0.717, 1.165) is 15.8 Å². The Kier molecular flexibility index (Phi) is 15.8. The number of likely N-dealkylation sites (N-methyl/N-ethyl adjacent to an activating group) is 1. The number of para-hydroxylation sites is 1. The number of anilines is 4. The maximum Gasteiger partial charge on any atom is 0.355 e. The van der Waals surface area contributed by atoms with Gasteiger partial charge in [0.25, 0.3) is 10.1 Å². The summed E-state index contributed by atoms with van der Waals surface area (Å²) in [6.07, 6.45) is 0.999. The molecule has 19 heteroatoms. The summed E-state index contributed by atoms with van der Waals surface area (Å²) in [5, 5.41) is 34.2. The summed E-state index contributed by atoms with van der Waals surface area (Å²) in [6, 6.07) is 14.1. The quantitative estimate of drug-likeness (QED) is 0.0390. The van der Waals surface area contributed by atoms with Gasteiger partial charge in [-0.15, -0.1) is 21.5 Å². The van der Waals surface area contributed by atoms with E-state index in [9.17, 15) is 27.8 Å².